The van der Waals surface area contributed by atoms with E-state index in [9.17, 15) is 13.2 Å². The molecule has 7 heteroatoms. The Hall–Kier alpha value is -2.38. The van der Waals surface area contributed by atoms with Crippen LogP contribution in [-0.2, 0) is 10.0 Å². The molecule has 0 unspecified atom stereocenters. The van der Waals surface area contributed by atoms with Crippen LogP contribution >= 0.6 is 0 Å². The zero-order valence-electron chi connectivity index (χ0n) is 13.9. The predicted octanol–water partition coefficient (Wildman–Crippen LogP) is 2.73. The zero-order chi connectivity index (χ0) is 17.9. The zero-order valence-corrected chi connectivity index (χ0v) is 14.8. The molecule has 1 amide bonds. The molecule has 0 bridgehead atoms. The molecule has 6 nitrogen and oxygen atoms in total. The maximum atomic E-state index is 12.5. The van der Waals surface area contributed by atoms with E-state index in [0.717, 1.165) is 12.8 Å². The van der Waals surface area contributed by atoms with Crippen molar-refractivity contribution in [3.8, 4) is 5.75 Å². The number of hydrogen-bond acceptors (Lipinski definition) is 4. The minimum absolute atomic E-state index is 0.244. The normalized spacial score (nSPS) is 15.1. The highest BCUT2D eigenvalue weighted by Gasteiger charge is 2.26. The number of rotatable bonds is 5. The average molecular weight is 360 g/mol. The summed E-state index contributed by atoms with van der Waals surface area (Å²) in [6.07, 6.45) is 1.79. The number of benzene rings is 2. The standard InChI is InChI=1S/C18H20N2O4S/c1-24-16-6-4-5-14(13-16)18(21)19-15-7-9-17(10-8-15)25(22,23)20-11-2-3-12-20/h4-10,13H,2-3,11-12H2,1H3,(H,19,21). The second-order valence-electron chi connectivity index (χ2n) is 5.82. The molecule has 1 N–H and O–H groups in total. The van der Waals surface area contributed by atoms with Gasteiger partial charge in [-0.1, -0.05) is 6.07 Å². The highest BCUT2D eigenvalue weighted by Crippen LogP contribution is 2.22. The third-order valence-corrected chi connectivity index (χ3v) is 6.06. The molecule has 1 heterocycles. The number of amides is 1. The number of nitrogens with one attached hydrogen (secondary N) is 1. The fourth-order valence-corrected chi connectivity index (χ4v) is 4.27. The fourth-order valence-electron chi connectivity index (χ4n) is 2.76. The van der Waals surface area contributed by atoms with Crippen molar-refractivity contribution in [1.29, 1.82) is 0 Å². The number of nitrogens with zero attached hydrogens (tertiary/aromatic N) is 1. The Kier molecular flexibility index (Phi) is 5.06. The lowest BCUT2D eigenvalue weighted by molar-refractivity contribution is 0.102. The van der Waals surface area contributed by atoms with Crippen LogP contribution in [0.2, 0.25) is 0 Å². The van der Waals surface area contributed by atoms with E-state index in [0.29, 0.717) is 30.1 Å². The van der Waals surface area contributed by atoms with Crippen molar-refractivity contribution < 1.29 is 17.9 Å². The minimum Gasteiger partial charge on any atom is -0.497 e. The van der Waals surface area contributed by atoms with Gasteiger partial charge < -0.3 is 10.1 Å². The Balaban J connectivity index is 1.73. The van der Waals surface area contributed by atoms with Crippen LogP contribution in [0.5, 0.6) is 5.75 Å². The first-order valence-corrected chi connectivity index (χ1v) is 9.50. The molecule has 0 atom stereocenters. The number of hydrogen-bond donors (Lipinski definition) is 1. The van der Waals surface area contributed by atoms with Crippen molar-refractivity contribution in [3.63, 3.8) is 0 Å². The van der Waals surface area contributed by atoms with Crippen molar-refractivity contribution >= 4 is 21.6 Å². The second kappa shape index (κ2) is 7.25. The molecule has 0 aromatic heterocycles. The summed E-state index contributed by atoms with van der Waals surface area (Å²) in [5, 5.41) is 2.75. The maximum Gasteiger partial charge on any atom is 0.255 e. The SMILES string of the molecule is COc1cccc(C(=O)Nc2ccc(S(=O)(=O)N3CCCC3)cc2)c1. The molecule has 1 aliphatic heterocycles. The summed E-state index contributed by atoms with van der Waals surface area (Å²) in [6.45, 7) is 1.13. The molecule has 0 spiro atoms. The van der Waals surface area contributed by atoms with E-state index in [-0.39, 0.29) is 10.8 Å². The van der Waals surface area contributed by atoms with Crippen LogP contribution in [0.4, 0.5) is 5.69 Å². The van der Waals surface area contributed by atoms with E-state index >= 15 is 0 Å². The number of methoxy groups -OCH3 is 1. The van der Waals surface area contributed by atoms with Gasteiger partial charge in [-0.15, -0.1) is 0 Å². The van der Waals surface area contributed by atoms with Gasteiger partial charge >= 0.3 is 0 Å². The van der Waals surface area contributed by atoms with Crippen LogP contribution in [0.25, 0.3) is 0 Å². The summed E-state index contributed by atoms with van der Waals surface area (Å²) >= 11 is 0. The highest BCUT2D eigenvalue weighted by atomic mass is 32.2. The lowest BCUT2D eigenvalue weighted by Gasteiger charge is -2.15. The summed E-state index contributed by atoms with van der Waals surface area (Å²) in [6, 6.07) is 13.1. The van der Waals surface area contributed by atoms with Gasteiger partial charge in [0.25, 0.3) is 5.91 Å². The molecule has 1 fully saturated rings. The third kappa shape index (κ3) is 3.83. The van der Waals surface area contributed by atoms with Crippen molar-refractivity contribution in [1.82, 2.24) is 4.31 Å². The minimum atomic E-state index is -3.44. The molecule has 0 radical (unpaired) electrons. The van der Waals surface area contributed by atoms with Crippen LogP contribution in [0, 0.1) is 0 Å². The maximum absolute atomic E-state index is 12.5. The van der Waals surface area contributed by atoms with Gasteiger partial charge in [0.15, 0.2) is 0 Å². The summed E-state index contributed by atoms with van der Waals surface area (Å²) in [5.74, 6) is 0.314. The van der Waals surface area contributed by atoms with E-state index < -0.39 is 10.0 Å². The first-order chi connectivity index (χ1) is 12.0. The molecule has 2 aromatic carbocycles. The molecule has 1 aliphatic rings. The van der Waals surface area contributed by atoms with Gasteiger partial charge in [0.05, 0.1) is 12.0 Å². The van der Waals surface area contributed by atoms with Gasteiger partial charge in [-0.2, -0.15) is 4.31 Å². The lowest BCUT2D eigenvalue weighted by Crippen LogP contribution is -2.27. The first kappa shape index (κ1) is 17.4. The third-order valence-electron chi connectivity index (χ3n) is 4.15. The molecule has 132 valence electrons. The molecular weight excluding hydrogens is 340 g/mol. The molecule has 3 rings (SSSR count). The summed E-state index contributed by atoms with van der Waals surface area (Å²) in [7, 11) is -1.90. The fraction of sp³-hybridized carbons (Fsp3) is 0.278. The molecule has 2 aromatic rings. The topological polar surface area (TPSA) is 75.7 Å². The Morgan fingerprint density at radius 2 is 1.76 bits per heavy atom. The van der Waals surface area contributed by atoms with Crippen molar-refractivity contribution in [3.05, 3.63) is 54.1 Å². The van der Waals surface area contributed by atoms with Gasteiger partial charge in [0, 0.05) is 24.3 Å². The van der Waals surface area contributed by atoms with Gasteiger partial charge in [-0.3, -0.25) is 4.79 Å². The van der Waals surface area contributed by atoms with Crippen molar-refractivity contribution in [2.24, 2.45) is 0 Å². The Morgan fingerprint density at radius 1 is 1.08 bits per heavy atom. The average Bonchev–Trinajstić information content (AvgIpc) is 3.18. The summed E-state index contributed by atoms with van der Waals surface area (Å²) in [4.78, 5) is 12.5. The quantitative estimate of drug-likeness (QED) is 0.890. The molecule has 25 heavy (non-hydrogen) atoms. The van der Waals surface area contributed by atoms with Crippen LogP contribution in [0.1, 0.15) is 23.2 Å². The Morgan fingerprint density at radius 3 is 2.40 bits per heavy atom. The number of ether oxygens (including phenoxy) is 1. The van der Waals surface area contributed by atoms with E-state index in [4.69, 9.17) is 4.74 Å². The van der Waals surface area contributed by atoms with E-state index in [1.165, 1.54) is 23.5 Å². The second-order valence-corrected chi connectivity index (χ2v) is 7.76. The smallest absolute Gasteiger partial charge is 0.255 e. The van der Waals surface area contributed by atoms with Crippen LogP contribution in [-0.4, -0.2) is 38.8 Å². The van der Waals surface area contributed by atoms with Crippen molar-refractivity contribution in [2.45, 2.75) is 17.7 Å². The monoisotopic (exact) mass is 360 g/mol. The van der Waals surface area contributed by atoms with E-state index in [2.05, 4.69) is 5.32 Å². The largest absolute Gasteiger partial charge is 0.497 e. The van der Waals surface area contributed by atoms with Gasteiger partial charge in [-0.05, 0) is 55.3 Å². The Bertz CT molecular complexity index is 857. The lowest BCUT2D eigenvalue weighted by atomic mass is 10.2. The number of sulfonamides is 1. The molecule has 0 saturated carbocycles. The molecule has 0 aliphatic carbocycles. The molecular formula is C18H20N2O4S. The summed E-state index contributed by atoms with van der Waals surface area (Å²) < 4.78 is 31.6. The molecule has 1 saturated heterocycles. The van der Waals surface area contributed by atoms with Crippen LogP contribution < -0.4 is 10.1 Å². The number of anilines is 1. The number of carbonyl (C=O) groups excluding carboxylic acids is 1. The number of carbonyl (C=O) groups is 1. The van der Waals surface area contributed by atoms with E-state index in [1.54, 1.807) is 36.4 Å². The predicted molar refractivity (Wildman–Crippen MR) is 95.4 cm³/mol. The van der Waals surface area contributed by atoms with Crippen LogP contribution in [0.15, 0.2) is 53.4 Å². The Labute approximate surface area is 147 Å². The van der Waals surface area contributed by atoms with Gasteiger partial charge in [0.1, 0.15) is 5.75 Å². The van der Waals surface area contributed by atoms with Crippen molar-refractivity contribution in [2.75, 3.05) is 25.5 Å². The van der Waals surface area contributed by atoms with Gasteiger partial charge in [0.2, 0.25) is 10.0 Å². The van der Waals surface area contributed by atoms with Crippen LogP contribution in [0.3, 0.4) is 0 Å². The highest BCUT2D eigenvalue weighted by molar-refractivity contribution is 7.89. The van der Waals surface area contributed by atoms with E-state index in [1.807, 2.05) is 0 Å². The summed E-state index contributed by atoms with van der Waals surface area (Å²) in [5.41, 5.74) is 1.00. The van der Waals surface area contributed by atoms with Gasteiger partial charge in [-0.25, -0.2) is 8.42 Å². The first-order valence-electron chi connectivity index (χ1n) is 8.06.